The summed E-state index contributed by atoms with van der Waals surface area (Å²) >= 11 is 1.75. The number of carbonyl (C=O) groups is 1. The van der Waals surface area contributed by atoms with Gasteiger partial charge in [0.15, 0.2) is 0 Å². The van der Waals surface area contributed by atoms with Gasteiger partial charge in [-0.2, -0.15) is 0 Å². The fraction of sp³-hybridized carbons (Fsp3) is 0.208. The van der Waals surface area contributed by atoms with Gasteiger partial charge in [-0.3, -0.25) is 4.79 Å². The van der Waals surface area contributed by atoms with Crippen LogP contribution in [-0.4, -0.2) is 24.0 Å². The van der Waals surface area contributed by atoms with Crippen LogP contribution in [0.25, 0.3) is 0 Å². The largest absolute Gasteiger partial charge is 0.497 e. The number of amides is 1. The minimum Gasteiger partial charge on any atom is -0.497 e. The Kier molecular flexibility index (Phi) is 5.68. The van der Waals surface area contributed by atoms with E-state index >= 15 is 0 Å². The maximum Gasteiger partial charge on any atom is 0.243 e. The lowest BCUT2D eigenvalue weighted by molar-refractivity contribution is -0.123. The molecular formula is C24H23NO2S. The number of para-hydroxylation sites is 1. The molecule has 1 heterocycles. The average Bonchev–Trinajstić information content (AvgIpc) is 2.76. The summed E-state index contributed by atoms with van der Waals surface area (Å²) in [7, 11) is 1.67. The predicted molar refractivity (Wildman–Crippen MR) is 116 cm³/mol. The van der Waals surface area contributed by atoms with Crippen LogP contribution in [0.4, 0.5) is 5.69 Å². The van der Waals surface area contributed by atoms with Crippen molar-refractivity contribution in [3.63, 3.8) is 0 Å². The Labute approximate surface area is 170 Å². The summed E-state index contributed by atoms with van der Waals surface area (Å²) in [6.07, 6.45) is 0.968. The van der Waals surface area contributed by atoms with Gasteiger partial charge in [-0.1, -0.05) is 60.7 Å². The molecule has 3 nitrogen and oxygen atoms in total. The number of methoxy groups -OCH3 is 1. The number of benzene rings is 3. The first-order valence-corrected chi connectivity index (χ1v) is 10.5. The molecule has 4 rings (SSSR count). The second-order valence-corrected chi connectivity index (χ2v) is 8.04. The molecule has 0 N–H and O–H groups in total. The van der Waals surface area contributed by atoms with Crippen molar-refractivity contribution in [3.05, 3.63) is 96.1 Å². The number of thioether (sulfide) groups is 1. The zero-order valence-corrected chi connectivity index (χ0v) is 16.6. The van der Waals surface area contributed by atoms with E-state index in [0.717, 1.165) is 29.2 Å². The van der Waals surface area contributed by atoms with E-state index in [1.807, 2.05) is 53.4 Å². The van der Waals surface area contributed by atoms with Crippen LogP contribution in [0.15, 0.2) is 84.9 Å². The summed E-state index contributed by atoms with van der Waals surface area (Å²) < 4.78 is 5.29. The SMILES string of the molecule is COc1ccc([C@H]2[C@@H](SCCc3ccccc3)C(=O)N2c2ccccc2)cc1. The molecule has 0 unspecified atom stereocenters. The van der Waals surface area contributed by atoms with E-state index in [1.165, 1.54) is 5.56 Å². The molecule has 0 saturated carbocycles. The quantitative estimate of drug-likeness (QED) is 0.525. The Bertz CT molecular complexity index is 912. The number of β-lactam (4-membered cyclic amide) rings is 1. The number of carbonyl (C=O) groups excluding carboxylic acids is 1. The van der Waals surface area contributed by atoms with Gasteiger partial charge in [-0.25, -0.2) is 0 Å². The summed E-state index contributed by atoms with van der Waals surface area (Å²) in [6.45, 7) is 0. The summed E-state index contributed by atoms with van der Waals surface area (Å²) in [6, 6.07) is 28.5. The van der Waals surface area contributed by atoms with Crippen molar-refractivity contribution in [1.29, 1.82) is 0 Å². The van der Waals surface area contributed by atoms with Crippen molar-refractivity contribution in [2.45, 2.75) is 17.7 Å². The molecule has 28 heavy (non-hydrogen) atoms. The van der Waals surface area contributed by atoms with Gasteiger partial charge in [-0.05, 0) is 47.6 Å². The predicted octanol–water partition coefficient (Wildman–Crippen LogP) is 5.13. The van der Waals surface area contributed by atoms with Crippen LogP contribution in [0, 0.1) is 0 Å². The minimum atomic E-state index is -0.0580. The van der Waals surface area contributed by atoms with Gasteiger partial charge in [0.2, 0.25) is 5.91 Å². The smallest absolute Gasteiger partial charge is 0.243 e. The Morgan fingerprint density at radius 1 is 0.893 bits per heavy atom. The summed E-state index contributed by atoms with van der Waals surface area (Å²) in [4.78, 5) is 14.9. The number of aryl methyl sites for hydroxylation is 1. The maximum absolute atomic E-state index is 13.0. The van der Waals surface area contributed by atoms with Crippen molar-refractivity contribution in [2.75, 3.05) is 17.8 Å². The van der Waals surface area contributed by atoms with E-state index in [2.05, 4.69) is 36.4 Å². The van der Waals surface area contributed by atoms with Gasteiger partial charge in [0.05, 0.1) is 13.2 Å². The van der Waals surface area contributed by atoms with E-state index < -0.39 is 0 Å². The third kappa shape index (κ3) is 3.78. The van der Waals surface area contributed by atoms with Crippen LogP contribution >= 0.6 is 11.8 Å². The highest BCUT2D eigenvalue weighted by Crippen LogP contribution is 2.45. The van der Waals surface area contributed by atoms with Gasteiger partial charge < -0.3 is 9.64 Å². The maximum atomic E-state index is 13.0. The number of ether oxygens (including phenoxy) is 1. The Balaban J connectivity index is 1.53. The Morgan fingerprint density at radius 2 is 1.54 bits per heavy atom. The third-order valence-electron chi connectivity index (χ3n) is 5.07. The highest BCUT2D eigenvalue weighted by atomic mass is 32.2. The van der Waals surface area contributed by atoms with Crippen molar-refractivity contribution >= 4 is 23.4 Å². The fourth-order valence-electron chi connectivity index (χ4n) is 3.57. The van der Waals surface area contributed by atoms with E-state index in [9.17, 15) is 4.79 Å². The lowest BCUT2D eigenvalue weighted by Crippen LogP contribution is -2.57. The normalized spacial score (nSPS) is 18.6. The van der Waals surface area contributed by atoms with Gasteiger partial charge in [0, 0.05) is 5.69 Å². The molecule has 2 atom stereocenters. The summed E-state index contributed by atoms with van der Waals surface area (Å²) in [5, 5.41) is -0.0580. The first-order valence-electron chi connectivity index (χ1n) is 9.45. The van der Waals surface area contributed by atoms with E-state index in [-0.39, 0.29) is 17.2 Å². The van der Waals surface area contributed by atoms with Crippen LogP contribution in [-0.2, 0) is 11.2 Å². The number of anilines is 1. The van der Waals surface area contributed by atoms with Crippen LogP contribution in [0.5, 0.6) is 5.75 Å². The van der Waals surface area contributed by atoms with Gasteiger partial charge >= 0.3 is 0 Å². The Morgan fingerprint density at radius 3 is 2.18 bits per heavy atom. The van der Waals surface area contributed by atoms with Crippen LogP contribution in [0.2, 0.25) is 0 Å². The molecule has 1 aliphatic rings. The van der Waals surface area contributed by atoms with E-state index in [0.29, 0.717) is 0 Å². The molecule has 1 saturated heterocycles. The van der Waals surface area contributed by atoms with Crippen LogP contribution in [0.3, 0.4) is 0 Å². The number of hydrogen-bond acceptors (Lipinski definition) is 3. The van der Waals surface area contributed by atoms with Gasteiger partial charge in [0.25, 0.3) is 0 Å². The van der Waals surface area contributed by atoms with Crippen molar-refractivity contribution in [3.8, 4) is 5.75 Å². The molecule has 3 aromatic carbocycles. The first kappa shape index (κ1) is 18.6. The fourth-order valence-corrected chi connectivity index (χ4v) is 4.90. The molecule has 0 radical (unpaired) electrons. The minimum absolute atomic E-state index is 0.0431. The summed E-state index contributed by atoms with van der Waals surface area (Å²) in [5.74, 6) is 1.94. The van der Waals surface area contributed by atoms with Crippen molar-refractivity contribution < 1.29 is 9.53 Å². The molecule has 3 aromatic rings. The molecule has 142 valence electrons. The topological polar surface area (TPSA) is 29.5 Å². The molecule has 0 bridgehead atoms. The van der Waals surface area contributed by atoms with Gasteiger partial charge in [0.1, 0.15) is 11.0 Å². The monoisotopic (exact) mass is 389 g/mol. The standard InChI is InChI=1S/C24H23NO2S/c1-27-21-14-12-19(13-15-21)22-23(28-17-16-18-8-4-2-5-9-18)24(26)25(22)20-10-6-3-7-11-20/h2-15,22-23H,16-17H2,1H3/t22-,23+/m0/s1. The zero-order chi connectivity index (χ0) is 19.3. The van der Waals surface area contributed by atoms with E-state index in [4.69, 9.17) is 4.74 Å². The molecule has 0 aromatic heterocycles. The molecule has 1 amide bonds. The molecule has 0 spiro atoms. The molecule has 0 aliphatic carbocycles. The Hall–Kier alpha value is -2.72. The van der Waals surface area contributed by atoms with E-state index in [1.54, 1.807) is 18.9 Å². The average molecular weight is 390 g/mol. The zero-order valence-electron chi connectivity index (χ0n) is 15.8. The second-order valence-electron chi connectivity index (χ2n) is 6.79. The number of nitrogens with zero attached hydrogens (tertiary/aromatic N) is 1. The molecule has 4 heteroatoms. The molecular weight excluding hydrogens is 366 g/mol. The van der Waals surface area contributed by atoms with Crippen molar-refractivity contribution in [2.24, 2.45) is 0 Å². The van der Waals surface area contributed by atoms with Crippen molar-refractivity contribution in [1.82, 2.24) is 0 Å². The molecule has 1 fully saturated rings. The van der Waals surface area contributed by atoms with Crippen LogP contribution in [0.1, 0.15) is 17.2 Å². The van der Waals surface area contributed by atoms with Crippen LogP contribution < -0.4 is 9.64 Å². The highest BCUT2D eigenvalue weighted by molar-refractivity contribution is 8.00. The number of rotatable bonds is 7. The number of hydrogen-bond donors (Lipinski definition) is 0. The van der Waals surface area contributed by atoms with Gasteiger partial charge in [-0.15, -0.1) is 11.8 Å². The highest BCUT2D eigenvalue weighted by Gasteiger charge is 2.48. The lowest BCUT2D eigenvalue weighted by atomic mass is 9.92. The third-order valence-corrected chi connectivity index (χ3v) is 6.33. The lowest BCUT2D eigenvalue weighted by Gasteiger charge is -2.47. The summed E-state index contributed by atoms with van der Waals surface area (Å²) in [5.41, 5.74) is 3.40. The first-order chi connectivity index (χ1) is 13.8. The second kappa shape index (κ2) is 8.53. The molecule has 1 aliphatic heterocycles.